The summed E-state index contributed by atoms with van der Waals surface area (Å²) in [6.45, 7) is 9.90. The van der Waals surface area contributed by atoms with Gasteiger partial charge in [0.05, 0.1) is 26.3 Å². The second-order valence-electron chi connectivity index (χ2n) is 7.87. The average molecular weight is 364 g/mol. The van der Waals surface area contributed by atoms with E-state index < -0.39 is 0 Å². The number of benzene rings is 1. The van der Waals surface area contributed by atoms with Crippen LogP contribution >= 0.6 is 0 Å². The third kappa shape index (κ3) is 4.48. The highest BCUT2D eigenvalue weighted by Crippen LogP contribution is 2.31. The van der Waals surface area contributed by atoms with Gasteiger partial charge in [-0.1, -0.05) is 13.8 Å². The van der Waals surface area contributed by atoms with Gasteiger partial charge in [0.1, 0.15) is 11.5 Å². The normalized spacial score (nSPS) is 22.3. The van der Waals surface area contributed by atoms with Gasteiger partial charge in [0.25, 0.3) is 0 Å². The molecule has 3 unspecified atom stereocenters. The molecule has 3 N–H and O–H groups in total. The van der Waals surface area contributed by atoms with E-state index in [0.29, 0.717) is 0 Å². The second-order valence-corrected chi connectivity index (χ2v) is 7.87. The molecular formula is C20H33N3O3. The lowest BCUT2D eigenvalue weighted by Gasteiger charge is -2.44. The molecule has 1 aromatic carbocycles. The predicted molar refractivity (Wildman–Crippen MR) is 104 cm³/mol. The molecule has 1 amide bonds. The molecule has 26 heavy (non-hydrogen) atoms. The summed E-state index contributed by atoms with van der Waals surface area (Å²) in [7, 11) is 3.25. The van der Waals surface area contributed by atoms with Crippen molar-refractivity contribution in [3.8, 4) is 11.5 Å². The highest BCUT2D eigenvalue weighted by atomic mass is 16.5. The molecule has 0 spiro atoms. The molecule has 146 valence electrons. The van der Waals surface area contributed by atoms with Gasteiger partial charge in [-0.3, -0.25) is 9.69 Å². The van der Waals surface area contributed by atoms with E-state index >= 15 is 0 Å². The van der Waals surface area contributed by atoms with Crippen molar-refractivity contribution in [3.05, 3.63) is 23.8 Å². The summed E-state index contributed by atoms with van der Waals surface area (Å²) in [6.07, 6.45) is 0.907. The summed E-state index contributed by atoms with van der Waals surface area (Å²) >= 11 is 0. The van der Waals surface area contributed by atoms with Crippen molar-refractivity contribution in [1.29, 1.82) is 0 Å². The Kier molecular flexibility index (Phi) is 6.53. The van der Waals surface area contributed by atoms with Crippen molar-refractivity contribution in [1.82, 2.24) is 10.2 Å². The number of ether oxygens (including phenoxy) is 2. The molecular weight excluding hydrogens is 330 g/mol. The van der Waals surface area contributed by atoms with Crippen LogP contribution in [0.4, 0.5) is 0 Å². The third-order valence-corrected chi connectivity index (χ3v) is 5.53. The van der Waals surface area contributed by atoms with Gasteiger partial charge in [-0.2, -0.15) is 0 Å². The number of nitrogens with zero attached hydrogens (tertiary/aromatic N) is 1. The van der Waals surface area contributed by atoms with Crippen LogP contribution < -0.4 is 20.5 Å². The molecule has 0 saturated carbocycles. The van der Waals surface area contributed by atoms with E-state index in [2.05, 4.69) is 24.1 Å². The van der Waals surface area contributed by atoms with Gasteiger partial charge in [-0.25, -0.2) is 0 Å². The zero-order chi connectivity index (χ0) is 19.5. The molecule has 6 heteroatoms. The molecule has 1 heterocycles. The molecule has 1 aromatic rings. The summed E-state index contributed by atoms with van der Waals surface area (Å²) in [6, 6.07) is 5.38. The van der Waals surface area contributed by atoms with E-state index in [4.69, 9.17) is 15.2 Å². The van der Waals surface area contributed by atoms with Crippen LogP contribution in [-0.4, -0.2) is 50.2 Å². The molecule has 0 bridgehead atoms. The van der Waals surface area contributed by atoms with E-state index in [1.54, 1.807) is 14.2 Å². The molecule has 2 rings (SSSR count). The zero-order valence-electron chi connectivity index (χ0n) is 16.8. The Labute approximate surface area is 157 Å². The number of rotatable bonds is 6. The van der Waals surface area contributed by atoms with Crippen LogP contribution in [0.1, 0.15) is 45.7 Å². The fourth-order valence-electron chi connectivity index (χ4n) is 3.50. The first-order valence-electron chi connectivity index (χ1n) is 9.21. The summed E-state index contributed by atoms with van der Waals surface area (Å²) in [5, 5.41) is 3.11. The summed E-state index contributed by atoms with van der Waals surface area (Å²) in [5.74, 6) is 1.48. The van der Waals surface area contributed by atoms with E-state index in [-0.39, 0.29) is 29.4 Å². The van der Waals surface area contributed by atoms with Crippen molar-refractivity contribution >= 4 is 5.91 Å². The molecule has 3 atom stereocenters. The number of carbonyl (C=O) groups is 1. The van der Waals surface area contributed by atoms with Crippen molar-refractivity contribution < 1.29 is 14.3 Å². The first kappa shape index (κ1) is 20.5. The minimum atomic E-state index is -0.208. The van der Waals surface area contributed by atoms with Crippen LogP contribution in [0.3, 0.4) is 0 Å². The minimum absolute atomic E-state index is 0.00800. The van der Waals surface area contributed by atoms with Crippen LogP contribution in [-0.2, 0) is 4.79 Å². The van der Waals surface area contributed by atoms with Crippen molar-refractivity contribution in [2.24, 2.45) is 11.1 Å². The van der Waals surface area contributed by atoms with Crippen molar-refractivity contribution in [2.75, 3.05) is 27.3 Å². The number of piperidine rings is 1. The second kappa shape index (κ2) is 8.27. The quantitative estimate of drug-likeness (QED) is 0.811. The maximum absolute atomic E-state index is 12.8. The number of amides is 1. The van der Waals surface area contributed by atoms with Crippen LogP contribution in [0.5, 0.6) is 11.5 Å². The van der Waals surface area contributed by atoms with Gasteiger partial charge >= 0.3 is 0 Å². The van der Waals surface area contributed by atoms with E-state index in [9.17, 15) is 4.79 Å². The molecule has 1 saturated heterocycles. The third-order valence-electron chi connectivity index (χ3n) is 5.53. The number of nitrogens with one attached hydrogen (secondary N) is 1. The molecule has 0 aliphatic carbocycles. The lowest BCUT2D eigenvalue weighted by Crippen LogP contribution is -2.57. The van der Waals surface area contributed by atoms with Gasteiger partial charge in [-0.15, -0.1) is 0 Å². The van der Waals surface area contributed by atoms with Crippen LogP contribution in [0.25, 0.3) is 0 Å². The zero-order valence-corrected chi connectivity index (χ0v) is 16.8. The number of nitrogens with two attached hydrogens (primary N) is 1. The Hall–Kier alpha value is -1.79. The maximum atomic E-state index is 12.8. The van der Waals surface area contributed by atoms with Gasteiger partial charge < -0.3 is 20.5 Å². The maximum Gasteiger partial charge on any atom is 0.237 e. The molecule has 0 radical (unpaired) electrons. The minimum Gasteiger partial charge on any atom is -0.497 e. The summed E-state index contributed by atoms with van der Waals surface area (Å²) in [4.78, 5) is 15.0. The van der Waals surface area contributed by atoms with E-state index in [1.807, 2.05) is 32.0 Å². The average Bonchev–Trinajstić information content (AvgIpc) is 2.62. The molecule has 1 fully saturated rings. The Balaban J connectivity index is 2.07. The highest BCUT2D eigenvalue weighted by Gasteiger charge is 2.36. The number of hydrogen-bond acceptors (Lipinski definition) is 5. The molecule has 1 aliphatic rings. The number of hydrogen-bond donors (Lipinski definition) is 2. The Morgan fingerprint density at radius 2 is 2.00 bits per heavy atom. The van der Waals surface area contributed by atoms with Crippen LogP contribution in [0, 0.1) is 5.41 Å². The van der Waals surface area contributed by atoms with E-state index in [1.165, 1.54) is 0 Å². The van der Waals surface area contributed by atoms with Gasteiger partial charge in [-0.05, 0) is 43.9 Å². The SMILES string of the molecule is COc1ccc(OC)c(C(C)NC(=O)C(C)N2CCC(N)C(C)(C)C2)c1. The first-order valence-corrected chi connectivity index (χ1v) is 9.21. The summed E-state index contributed by atoms with van der Waals surface area (Å²) in [5.41, 5.74) is 7.12. The Bertz CT molecular complexity index is 633. The lowest BCUT2D eigenvalue weighted by atomic mass is 9.79. The number of likely N-dealkylation sites (tertiary alicyclic amines) is 1. The van der Waals surface area contributed by atoms with E-state index in [0.717, 1.165) is 36.6 Å². The van der Waals surface area contributed by atoms with Crippen LogP contribution in [0.15, 0.2) is 18.2 Å². The van der Waals surface area contributed by atoms with Crippen molar-refractivity contribution in [2.45, 2.75) is 52.2 Å². The van der Waals surface area contributed by atoms with Crippen LogP contribution in [0.2, 0.25) is 0 Å². The number of carbonyl (C=O) groups excluding carboxylic acids is 1. The van der Waals surface area contributed by atoms with Gasteiger partial charge in [0.2, 0.25) is 5.91 Å². The fraction of sp³-hybridized carbons (Fsp3) is 0.650. The monoisotopic (exact) mass is 363 g/mol. The topological polar surface area (TPSA) is 76.8 Å². The summed E-state index contributed by atoms with van der Waals surface area (Å²) < 4.78 is 10.7. The Morgan fingerprint density at radius 3 is 2.58 bits per heavy atom. The number of methoxy groups -OCH3 is 2. The predicted octanol–water partition coefficient (Wildman–Crippen LogP) is 2.33. The standard InChI is InChI=1S/C20H33N3O3/c1-13(16-11-15(25-5)7-8-17(16)26-6)22-19(24)14(2)23-10-9-18(21)20(3,4)12-23/h7-8,11,13-14,18H,9-10,12,21H2,1-6H3,(H,22,24). The smallest absolute Gasteiger partial charge is 0.237 e. The highest BCUT2D eigenvalue weighted by molar-refractivity contribution is 5.81. The Morgan fingerprint density at radius 1 is 1.31 bits per heavy atom. The van der Waals surface area contributed by atoms with Crippen molar-refractivity contribution in [3.63, 3.8) is 0 Å². The lowest BCUT2D eigenvalue weighted by molar-refractivity contribution is -0.127. The molecule has 0 aromatic heterocycles. The molecule has 1 aliphatic heterocycles. The van der Waals surface area contributed by atoms with Gasteiger partial charge in [0, 0.05) is 24.7 Å². The fourth-order valence-corrected chi connectivity index (χ4v) is 3.50. The first-order chi connectivity index (χ1) is 12.2. The largest absolute Gasteiger partial charge is 0.497 e. The van der Waals surface area contributed by atoms with Gasteiger partial charge in [0.15, 0.2) is 0 Å². The molecule has 6 nitrogen and oxygen atoms in total.